The Kier molecular flexibility index (Phi) is 1.79. The fourth-order valence-corrected chi connectivity index (χ4v) is 1.94. The molecule has 0 bridgehead atoms. The Bertz CT molecular complexity index is 226. The first kappa shape index (κ1) is 9.44. The number of ether oxygens (including phenoxy) is 2. The van der Waals surface area contributed by atoms with Crippen molar-refractivity contribution in [3.63, 3.8) is 0 Å². The first-order valence-corrected chi connectivity index (χ1v) is 4.89. The number of aliphatic hydroxyl groups is 1. The molecule has 2 rings (SSSR count). The Morgan fingerprint density at radius 3 is 2.08 bits per heavy atom. The van der Waals surface area contributed by atoms with E-state index in [1.807, 2.05) is 27.7 Å². The number of epoxide rings is 2. The van der Waals surface area contributed by atoms with Crippen LogP contribution in [0.3, 0.4) is 0 Å². The van der Waals surface area contributed by atoms with E-state index in [4.69, 9.17) is 9.47 Å². The van der Waals surface area contributed by atoms with Gasteiger partial charge in [-0.1, -0.05) is 0 Å². The molecule has 0 aromatic carbocycles. The standard InChI is InChI=1S/C10H18O3/c1-6-10(4,12-6)5-7(11)8-9(2,3)13-8/h6-8,11H,5H2,1-4H3. The van der Waals surface area contributed by atoms with Crippen LogP contribution in [0.15, 0.2) is 0 Å². The van der Waals surface area contributed by atoms with Gasteiger partial charge in [0, 0.05) is 6.42 Å². The van der Waals surface area contributed by atoms with Gasteiger partial charge in [-0.2, -0.15) is 0 Å². The second-order valence-corrected chi connectivity index (χ2v) is 4.99. The lowest BCUT2D eigenvalue weighted by atomic mass is 9.95. The van der Waals surface area contributed by atoms with Gasteiger partial charge in [0.25, 0.3) is 0 Å². The summed E-state index contributed by atoms with van der Waals surface area (Å²) in [7, 11) is 0. The van der Waals surface area contributed by atoms with E-state index in [0.717, 1.165) is 0 Å². The lowest BCUT2D eigenvalue weighted by Crippen LogP contribution is -2.27. The van der Waals surface area contributed by atoms with Gasteiger partial charge >= 0.3 is 0 Å². The molecule has 3 heteroatoms. The van der Waals surface area contributed by atoms with Crippen LogP contribution in [0.4, 0.5) is 0 Å². The minimum absolute atomic E-state index is 0.000671. The molecule has 0 aromatic rings. The number of aliphatic hydroxyl groups excluding tert-OH is 1. The topological polar surface area (TPSA) is 45.3 Å². The van der Waals surface area contributed by atoms with E-state index in [-0.39, 0.29) is 29.5 Å². The lowest BCUT2D eigenvalue weighted by Gasteiger charge is -2.11. The van der Waals surface area contributed by atoms with Crippen molar-refractivity contribution in [2.75, 3.05) is 0 Å². The second-order valence-electron chi connectivity index (χ2n) is 4.99. The first-order valence-electron chi connectivity index (χ1n) is 4.89. The molecule has 13 heavy (non-hydrogen) atoms. The van der Waals surface area contributed by atoms with Gasteiger partial charge in [-0.15, -0.1) is 0 Å². The summed E-state index contributed by atoms with van der Waals surface area (Å²) >= 11 is 0. The van der Waals surface area contributed by atoms with Crippen molar-refractivity contribution >= 4 is 0 Å². The van der Waals surface area contributed by atoms with Crippen LogP contribution in [0.1, 0.15) is 34.1 Å². The molecule has 2 aliphatic rings. The van der Waals surface area contributed by atoms with Crippen molar-refractivity contribution in [3.05, 3.63) is 0 Å². The third kappa shape index (κ3) is 1.60. The molecule has 0 aliphatic carbocycles. The maximum Gasteiger partial charge on any atom is 0.113 e. The van der Waals surface area contributed by atoms with E-state index < -0.39 is 0 Å². The highest BCUT2D eigenvalue weighted by Crippen LogP contribution is 2.45. The van der Waals surface area contributed by atoms with Crippen molar-refractivity contribution in [2.45, 2.75) is 63.6 Å². The molecule has 0 aromatic heterocycles. The molecular weight excluding hydrogens is 168 g/mol. The van der Waals surface area contributed by atoms with Crippen molar-refractivity contribution in [1.82, 2.24) is 0 Å². The summed E-state index contributed by atoms with van der Waals surface area (Å²) < 4.78 is 10.8. The minimum atomic E-state index is -0.384. The van der Waals surface area contributed by atoms with Gasteiger partial charge in [-0.05, 0) is 27.7 Å². The predicted octanol–water partition coefficient (Wildman–Crippen LogP) is 1.09. The van der Waals surface area contributed by atoms with Crippen LogP contribution in [0.5, 0.6) is 0 Å². The SMILES string of the molecule is CC1OC1(C)CC(O)C1OC1(C)C. The van der Waals surface area contributed by atoms with Crippen LogP contribution >= 0.6 is 0 Å². The van der Waals surface area contributed by atoms with E-state index in [9.17, 15) is 5.11 Å². The van der Waals surface area contributed by atoms with Crippen LogP contribution in [-0.4, -0.2) is 34.6 Å². The van der Waals surface area contributed by atoms with Crippen LogP contribution in [0, 0.1) is 0 Å². The average molecular weight is 186 g/mol. The van der Waals surface area contributed by atoms with Crippen molar-refractivity contribution in [1.29, 1.82) is 0 Å². The van der Waals surface area contributed by atoms with E-state index in [1.165, 1.54) is 0 Å². The van der Waals surface area contributed by atoms with E-state index >= 15 is 0 Å². The molecule has 2 fully saturated rings. The molecule has 2 aliphatic heterocycles. The minimum Gasteiger partial charge on any atom is -0.390 e. The third-order valence-corrected chi connectivity index (χ3v) is 3.27. The van der Waals surface area contributed by atoms with Crippen LogP contribution in [0.2, 0.25) is 0 Å². The maximum atomic E-state index is 9.81. The highest BCUT2D eigenvalue weighted by molar-refractivity contribution is 5.05. The van der Waals surface area contributed by atoms with Gasteiger partial charge < -0.3 is 14.6 Å². The zero-order valence-electron chi connectivity index (χ0n) is 8.70. The fraction of sp³-hybridized carbons (Fsp3) is 1.00. The van der Waals surface area contributed by atoms with Gasteiger partial charge in [0.15, 0.2) is 0 Å². The molecule has 0 spiro atoms. The Morgan fingerprint density at radius 2 is 1.77 bits per heavy atom. The average Bonchev–Trinajstić information content (AvgIpc) is 2.74. The van der Waals surface area contributed by atoms with E-state index in [0.29, 0.717) is 6.42 Å². The number of rotatable bonds is 3. The zero-order valence-corrected chi connectivity index (χ0v) is 8.70. The number of hydrogen-bond donors (Lipinski definition) is 1. The largest absolute Gasteiger partial charge is 0.390 e. The summed E-state index contributed by atoms with van der Waals surface area (Å²) in [6, 6.07) is 0. The Labute approximate surface area is 79.0 Å². The molecule has 2 heterocycles. The quantitative estimate of drug-likeness (QED) is 0.671. The third-order valence-electron chi connectivity index (χ3n) is 3.27. The first-order chi connectivity index (χ1) is 5.85. The normalized spacial score (nSPS) is 48.7. The highest BCUT2D eigenvalue weighted by Gasteiger charge is 2.57. The lowest BCUT2D eigenvalue weighted by molar-refractivity contribution is 0.0995. The zero-order chi connectivity index (χ0) is 9.85. The van der Waals surface area contributed by atoms with Crippen molar-refractivity contribution in [3.8, 4) is 0 Å². The molecule has 1 N–H and O–H groups in total. The summed E-state index contributed by atoms with van der Waals surface area (Å²) in [4.78, 5) is 0. The highest BCUT2D eigenvalue weighted by atomic mass is 16.6. The van der Waals surface area contributed by atoms with Crippen molar-refractivity contribution < 1.29 is 14.6 Å². The van der Waals surface area contributed by atoms with Gasteiger partial charge in [-0.25, -0.2) is 0 Å². The number of hydrogen-bond acceptors (Lipinski definition) is 3. The molecule has 76 valence electrons. The summed E-state index contributed by atoms with van der Waals surface area (Å²) in [5.74, 6) is 0. The molecule has 3 nitrogen and oxygen atoms in total. The van der Waals surface area contributed by atoms with Gasteiger partial charge in [0.2, 0.25) is 0 Å². The van der Waals surface area contributed by atoms with Gasteiger partial charge in [0.05, 0.1) is 23.4 Å². The molecule has 2 saturated heterocycles. The monoisotopic (exact) mass is 186 g/mol. The van der Waals surface area contributed by atoms with Crippen LogP contribution in [-0.2, 0) is 9.47 Å². The summed E-state index contributed by atoms with van der Waals surface area (Å²) in [5.41, 5.74) is -0.241. The molecule has 0 radical (unpaired) electrons. The second kappa shape index (κ2) is 2.47. The fourth-order valence-electron chi connectivity index (χ4n) is 1.94. The smallest absolute Gasteiger partial charge is 0.113 e. The van der Waals surface area contributed by atoms with Gasteiger partial charge in [-0.3, -0.25) is 0 Å². The molecule has 0 saturated carbocycles. The van der Waals surface area contributed by atoms with Gasteiger partial charge in [0.1, 0.15) is 6.10 Å². The molecule has 0 amide bonds. The van der Waals surface area contributed by atoms with Crippen LogP contribution in [0.25, 0.3) is 0 Å². The Balaban J connectivity index is 1.84. The Morgan fingerprint density at radius 1 is 1.31 bits per heavy atom. The summed E-state index contributed by atoms with van der Waals surface area (Å²) in [5, 5.41) is 9.81. The molecule has 4 atom stereocenters. The van der Waals surface area contributed by atoms with E-state index in [1.54, 1.807) is 0 Å². The van der Waals surface area contributed by atoms with Crippen molar-refractivity contribution in [2.24, 2.45) is 0 Å². The summed E-state index contributed by atoms with van der Waals surface area (Å²) in [6.07, 6.45) is 0.581. The molecule has 4 unspecified atom stereocenters. The summed E-state index contributed by atoms with van der Waals surface area (Å²) in [6.45, 7) is 8.07. The predicted molar refractivity (Wildman–Crippen MR) is 48.5 cm³/mol. The Hall–Kier alpha value is -0.120. The van der Waals surface area contributed by atoms with E-state index in [2.05, 4.69) is 0 Å². The maximum absolute atomic E-state index is 9.81. The molecular formula is C10H18O3. The van der Waals surface area contributed by atoms with Crippen LogP contribution < -0.4 is 0 Å².